The van der Waals surface area contributed by atoms with Gasteiger partial charge in [-0.2, -0.15) is 5.26 Å². The largest absolute Gasteiger partial charge is 0.326 e. The first kappa shape index (κ1) is 19.0. The fraction of sp³-hybridized carbons (Fsp3) is 0.889. The highest BCUT2D eigenvalue weighted by Crippen LogP contribution is 2.35. The van der Waals surface area contributed by atoms with Gasteiger partial charge in [0.1, 0.15) is 5.54 Å². The minimum atomic E-state index is -0.600. The summed E-state index contributed by atoms with van der Waals surface area (Å²) >= 11 is 0. The summed E-state index contributed by atoms with van der Waals surface area (Å²) in [5, 5.41) is 9.69. The Morgan fingerprint density at radius 1 is 1.27 bits per heavy atom. The van der Waals surface area contributed by atoms with Crippen LogP contribution in [0.25, 0.3) is 0 Å². The van der Waals surface area contributed by atoms with Gasteiger partial charge in [0, 0.05) is 7.05 Å². The van der Waals surface area contributed by atoms with E-state index in [1.807, 2.05) is 21.0 Å². The molecule has 126 valence electrons. The number of nitrogens with zero attached hydrogens (tertiary/aromatic N) is 3. The molecule has 0 radical (unpaired) electrons. The van der Waals surface area contributed by atoms with Gasteiger partial charge < -0.3 is 4.90 Å². The SMILES string of the molecule is CC(C)CCN(C)C(C)C(=O)N(C)C1(C#N)CCC(C)CC1. The second-order valence-corrected chi connectivity index (χ2v) is 7.56. The molecule has 22 heavy (non-hydrogen) atoms. The Kier molecular flexibility index (Phi) is 6.87. The summed E-state index contributed by atoms with van der Waals surface area (Å²) in [4.78, 5) is 16.6. The first-order valence-corrected chi connectivity index (χ1v) is 8.62. The van der Waals surface area contributed by atoms with E-state index in [1.165, 1.54) is 0 Å². The molecule has 4 nitrogen and oxygen atoms in total. The van der Waals surface area contributed by atoms with Gasteiger partial charge in [0.15, 0.2) is 0 Å². The second-order valence-electron chi connectivity index (χ2n) is 7.56. The molecule has 1 aliphatic carbocycles. The molecule has 1 saturated carbocycles. The molecule has 0 aromatic rings. The van der Waals surface area contributed by atoms with E-state index in [9.17, 15) is 10.1 Å². The lowest BCUT2D eigenvalue weighted by molar-refractivity contribution is -0.140. The van der Waals surface area contributed by atoms with Gasteiger partial charge in [0.2, 0.25) is 5.91 Å². The molecule has 1 amide bonds. The molecule has 1 fully saturated rings. The summed E-state index contributed by atoms with van der Waals surface area (Å²) in [6.07, 6.45) is 4.74. The summed E-state index contributed by atoms with van der Waals surface area (Å²) in [5.74, 6) is 1.37. The van der Waals surface area contributed by atoms with Gasteiger partial charge in [-0.25, -0.2) is 0 Å². The van der Waals surface area contributed by atoms with Gasteiger partial charge in [0.25, 0.3) is 0 Å². The quantitative estimate of drug-likeness (QED) is 0.756. The molecular weight excluding hydrogens is 274 g/mol. The molecule has 0 heterocycles. The van der Waals surface area contributed by atoms with Crippen molar-refractivity contribution >= 4 is 5.91 Å². The highest BCUT2D eigenvalue weighted by Gasteiger charge is 2.41. The molecule has 0 spiro atoms. The van der Waals surface area contributed by atoms with Crippen molar-refractivity contribution in [1.29, 1.82) is 5.26 Å². The van der Waals surface area contributed by atoms with E-state index in [0.717, 1.165) is 38.6 Å². The van der Waals surface area contributed by atoms with Crippen LogP contribution in [0.1, 0.15) is 59.8 Å². The van der Waals surface area contributed by atoms with E-state index >= 15 is 0 Å². The second kappa shape index (κ2) is 7.97. The number of carbonyl (C=O) groups is 1. The maximum atomic E-state index is 12.8. The van der Waals surface area contributed by atoms with E-state index in [1.54, 1.807) is 4.90 Å². The fourth-order valence-electron chi connectivity index (χ4n) is 3.10. The van der Waals surface area contributed by atoms with Gasteiger partial charge in [-0.15, -0.1) is 0 Å². The lowest BCUT2D eigenvalue weighted by Crippen LogP contribution is -2.55. The van der Waals surface area contributed by atoms with Crippen LogP contribution in [-0.4, -0.2) is 47.9 Å². The van der Waals surface area contributed by atoms with E-state index in [0.29, 0.717) is 11.8 Å². The number of nitriles is 1. The zero-order valence-electron chi connectivity index (χ0n) is 15.2. The molecule has 1 unspecified atom stereocenters. The molecule has 0 bridgehead atoms. The number of hydrogen-bond donors (Lipinski definition) is 0. The first-order valence-electron chi connectivity index (χ1n) is 8.62. The summed E-state index contributed by atoms with van der Waals surface area (Å²) in [6.45, 7) is 9.48. The van der Waals surface area contributed by atoms with Crippen molar-refractivity contribution in [2.75, 3.05) is 20.6 Å². The van der Waals surface area contributed by atoms with Crippen molar-refractivity contribution in [2.45, 2.75) is 71.4 Å². The van der Waals surface area contributed by atoms with Crippen LogP contribution in [0, 0.1) is 23.2 Å². The topological polar surface area (TPSA) is 47.3 Å². The van der Waals surface area contributed by atoms with Crippen LogP contribution < -0.4 is 0 Å². The van der Waals surface area contributed by atoms with Crippen molar-refractivity contribution in [3.8, 4) is 6.07 Å². The predicted octanol–water partition coefficient (Wildman–Crippen LogP) is 3.28. The van der Waals surface area contributed by atoms with Crippen LogP contribution in [0.5, 0.6) is 0 Å². The molecule has 1 atom stereocenters. The Bertz CT molecular complexity index is 405. The van der Waals surface area contributed by atoms with Gasteiger partial charge in [0.05, 0.1) is 12.1 Å². The number of likely N-dealkylation sites (N-methyl/N-ethyl adjacent to an activating group) is 2. The Hall–Kier alpha value is -1.08. The van der Waals surface area contributed by atoms with Gasteiger partial charge in [-0.05, 0) is 64.5 Å². The van der Waals surface area contributed by atoms with Crippen LogP contribution in [0.15, 0.2) is 0 Å². The Morgan fingerprint density at radius 2 is 1.82 bits per heavy atom. The van der Waals surface area contributed by atoms with Crippen molar-refractivity contribution in [1.82, 2.24) is 9.80 Å². The van der Waals surface area contributed by atoms with Crippen LogP contribution in [0.2, 0.25) is 0 Å². The van der Waals surface area contributed by atoms with E-state index in [4.69, 9.17) is 0 Å². The van der Waals surface area contributed by atoms with Crippen molar-refractivity contribution < 1.29 is 4.79 Å². The molecule has 0 saturated heterocycles. The van der Waals surface area contributed by atoms with Gasteiger partial charge in [-0.1, -0.05) is 20.8 Å². The van der Waals surface area contributed by atoms with Crippen molar-refractivity contribution in [3.05, 3.63) is 0 Å². The van der Waals surface area contributed by atoms with Gasteiger partial charge in [-0.3, -0.25) is 9.69 Å². The molecule has 0 aromatic heterocycles. The molecule has 0 aromatic carbocycles. The summed E-state index contributed by atoms with van der Waals surface area (Å²) < 4.78 is 0. The zero-order valence-corrected chi connectivity index (χ0v) is 15.2. The van der Waals surface area contributed by atoms with Crippen LogP contribution in [0.3, 0.4) is 0 Å². The number of rotatable bonds is 6. The van der Waals surface area contributed by atoms with Crippen LogP contribution in [-0.2, 0) is 4.79 Å². The van der Waals surface area contributed by atoms with Crippen LogP contribution in [0.4, 0.5) is 0 Å². The lowest BCUT2D eigenvalue weighted by Gasteiger charge is -2.42. The summed E-state index contributed by atoms with van der Waals surface area (Å²) in [7, 11) is 3.81. The molecule has 1 rings (SSSR count). The Labute approximate surface area is 136 Å². The minimum Gasteiger partial charge on any atom is -0.326 e. The Morgan fingerprint density at radius 3 is 2.27 bits per heavy atom. The smallest absolute Gasteiger partial charge is 0.240 e. The highest BCUT2D eigenvalue weighted by molar-refractivity contribution is 5.82. The first-order chi connectivity index (χ1) is 10.2. The average Bonchev–Trinajstić information content (AvgIpc) is 2.51. The molecule has 1 aliphatic rings. The maximum Gasteiger partial charge on any atom is 0.240 e. The third-order valence-corrected chi connectivity index (χ3v) is 5.36. The normalized spacial score (nSPS) is 26.8. The Balaban J connectivity index is 2.72. The van der Waals surface area contributed by atoms with E-state index < -0.39 is 5.54 Å². The van der Waals surface area contributed by atoms with Crippen LogP contribution >= 0.6 is 0 Å². The lowest BCUT2D eigenvalue weighted by atomic mass is 9.77. The summed E-state index contributed by atoms with van der Waals surface area (Å²) in [6, 6.07) is 2.28. The third-order valence-electron chi connectivity index (χ3n) is 5.36. The standard InChI is InChI=1S/C18H33N3O/c1-14(2)9-12-20(5)16(4)17(22)21(6)18(13-19)10-7-15(3)8-11-18/h14-16H,7-12H2,1-6H3. The maximum absolute atomic E-state index is 12.8. The van der Waals surface area contributed by atoms with Crippen molar-refractivity contribution in [2.24, 2.45) is 11.8 Å². The zero-order chi connectivity index (χ0) is 16.9. The summed E-state index contributed by atoms with van der Waals surface area (Å²) in [5.41, 5.74) is -0.600. The minimum absolute atomic E-state index is 0.0716. The fourth-order valence-corrected chi connectivity index (χ4v) is 3.10. The van der Waals surface area contributed by atoms with Crippen molar-refractivity contribution in [3.63, 3.8) is 0 Å². The molecule has 4 heteroatoms. The third kappa shape index (κ3) is 4.46. The predicted molar refractivity (Wildman–Crippen MR) is 90.3 cm³/mol. The molecular formula is C18H33N3O. The number of hydrogen-bond acceptors (Lipinski definition) is 3. The highest BCUT2D eigenvalue weighted by atomic mass is 16.2. The van der Waals surface area contributed by atoms with E-state index in [2.05, 4.69) is 31.7 Å². The average molecular weight is 307 g/mol. The number of carbonyl (C=O) groups excluding carboxylic acids is 1. The molecule has 0 aliphatic heterocycles. The number of amides is 1. The van der Waals surface area contributed by atoms with E-state index in [-0.39, 0.29) is 11.9 Å². The van der Waals surface area contributed by atoms with Gasteiger partial charge >= 0.3 is 0 Å². The monoisotopic (exact) mass is 307 g/mol. The molecule has 0 N–H and O–H groups in total.